The fraction of sp³-hybridized carbons (Fsp3) is 0.941. The van der Waals surface area contributed by atoms with Crippen molar-refractivity contribution in [3.63, 3.8) is 0 Å². The summed E-state index contributed by atoms with van der Waals surface area (Å²) in [6.07, 6.45) is 10.8. The molecule has 114 valence electrons. The first-order chi connectivity index (χ1) is 9.02. The summed E-state index contributed by atoms with van der Waals surface area (Å²) in [7, 11) is 0. The minimum absolute atomic E-state index is 0.0226. The van der Waals surface area contributed by atoms with Crippen molar-refractivity contribution in [1.82, 2.24) is 0 Å². The Hall–Kier alpha value is -0.530. The molecular formula is C17H34O2. The number of hydrogen-bond acceptors (Lipinski definition) is 2. The highest BCUT2D eigenvalue weighted by Gasteiger charge is 2.03. The molecule has 0 saturated carbocycles. The van der Waals surface area contributed by atoms with Crippen molar-refractivity contribution in [2.45, 2.75) is 85.5 Å². The molecule has 2 heteroatoms. The molecule has 0 aromatic heterocycles. The smallest absolute Gasteiger partial charge is 0.305 e. The molecule has 0 heterocycles. The van der Waals surface area contributed by atoms with Crippen LogP contribution in [0.5, 0.6) is 0 Å². The van der Waals surface area contributed by atoms with E-state index in [1.54, 1.807) is 0 Å². The normalized spacial score (nSPS) is 11.3. The van der Waals surface area contributed by atoms with E-state index >= 15 is 0 Å². The first-order valence-corrected chi connectivity index (χ1v) is 8.18. The summed E-state index contributed by atoms with van der Waals surface area (Å²) in [4.78, 5) is 11.4. The number of unbranched alkanes of at least 4 members (excludes halogenated alkanes) is 6. The Kier molecular flexibility index (Phi) is 12.2. The van der Waals surface area contributed by atoms with E-state index in [-0.39, 0.29) is 5.97 Å². The Balaban J connectivity index is 3.16. The van der Waals surface area contributed by atoms with Gasteiger partial charge in [-0.3, -0.25) is 4.79 Å². The van der Waals surface area contributed by atoms with E-state index in [0.717, 1.165) is 12.3 Å². The SMILES string of the molecule is CC(C)CCCCCCCCCC(=O)OCC(C)C. The van der Waals surface area contributed by atoms with Gasteiger partial charge in [0.05, 0.1) is 6.61 Å². The van der Waals surface area contributed by atoms with Crippen LogP contribution in [0, 0.1) is 11.8 Å². The maximum absolute atomic E-state index is 11.4. The molecule has 0 rings (SSSR count). The van der Waals surface area contributed by atoms with Crippen molar-refractivity contribution in [1.29, 1.82) is 0 Å². The predicted octanol–water partition coefficient (Wildman–Crippen LogP) is 5.35. The second-order valence-corrected chi connectivity index (χ2v) is 6.48. The Bertz CT molecular complexity index is 209. The van der Waals surface area contributed by atoms with Gasteiger partial charge in [0.15, 0.2) is 0 Å². The molecule has 0 fully saturated rings. The van der Waals surface area contributed by atoms with Gasteiger partial charge in [-0.1, -0.05) is 72.6 Å². The molecule has 0 unspecified atom stereocenters. The van der Waals surface area contributed by atoms with Crippen molar-refractivity contribution in [2.24, 2.45) is 11.8 Å². The molecule has 0 aliphatic heterocycles. The third-order valence-corrected chi connectivity index (χ3v) is 3.24. The fourth-order valence-corrected chi connectivity index (χ4v) is 2.04. The van der Waals surface area contributed by atoms with Crippen LogP contribution in [0.3, 0.4) is 0 Å². The summed E-state index contributed by atoms with van der Waals surface area (Å²) in [6, 6.07) is 0. The van der Waals surface area contributed by atoms with Crippen LogP contribution in [-0.4, -0.2) is 12.6 Å². The van der Waals surface area contributed by atoms with Crippen molar-refractivity contribution < 1.29 is 9.53 Å². The molecule has 0 N–H and O–H groups in total. The van der Waals surface area contributed by atoms with Crippen LogP contribution in [0.25, 0.3) is 0 Å². The van der Waals surface area contributed by atoms with Gasteiger partial charge in [-0.25, -0.2) is 0 Å². The highest BCUT2D eigenvalue weighted by Crippen LogP contribution is 2.12. The van der Waals surface area contributed by atoms with Crippen LogP contribution in [0.1, 0.15) is 85.5 Å². The third kappa shape index (κ3) is 15.4. The molecule has 19 heavy (non-hydrogen) atoms. The quantitative estimate of drug-likeness (QED) is 0.353. The van der Waals surface area contributed by atoms with Gasteiger partial charge in [-0.15, -0.1) is 0 Å². The lowest BCUT2D eigenvalue weighted by Crippen LogP contribution is -2.09. The van der Waals surface area contributed by atoms with E-state index in [2.05, 4.69) is 27.7 Å². The average molecular weight is 270 g/mol. The number of rotatable bonds is 12. The minimum Gasteiger partial charge on any atom is -0.465 e. The Labute approximate surface area is 120 Å². The minimum atomic E-state index is -0.0226. The van der Waals surface area contributed by atoms with Gasteiger partial charge in [-0.05, 0) is 18.3 Å². The maximum atomic E-state index is 11.4. The molecule has 0 spiro atoms. The van der Waals surface area contributed by atoms with Gasteiger partial charge in [0, 0.05) is 6.42 Å². The van der Waals surface area contributed by atoms with Crippen molar-refractivity contribution in [2.75, 3.05) is 6.61 Å². The van der Waals surface area contributed by atoms with Crippen molar-refractivity contribution in [3.05, 3.63) is 0 Å². The standard InChI is InChI=1S/C17H34O2/c1-15(2)12-10-8-6-5-7-9-11-13-17(18)19-14-16(3)4/h15-16H,5-14H2,1-4H3. The number of ether oxygens (including phenoxy) is 1. The molecular weight excluding hydrogens is 236 g/mol. The van der Waals surface area contributed by atoms with E-state index in [0.29, 0.717) is 18.9 Å². The van der Waals surface area contributed by atoms with E-state index in [4.69, 9.17) is 4.74 Å². The molecule has 0 bridgehead atoms. The molecule has 0 aromatic rings. The zero-order valence-corrected chi connectivity index (χ0v) is 13.5. The zero-order chi connectivity index (χ0) is 14.5. The van der Waals surface area contributed by atoms with Gasteiger partial charge in [-0.2, -0.15) is 0 Å². The first-order valence-electron chi connectivity index (χ1n) is 8.18. The fourth-order valence-electron chi connectivity index (χ4n) is 2.04. The second kappa shape index (κ2) is 12.5. The third-order valence-electron chi connectivity index (χ3n) is 3.24. The predicted molar refractivity (Wildman–Crippen MR) is 82.2 cm³/mol. The molecule has 0 aliphatic carbocycles. The van der Waals surface area contributed by atoms with Crippen LogP contribution in [0.15, 0.2) is 0 Å². The van der Waals surface area contributed by atoms with Crippen LogP contribution >= 0.6 is 0 Å². The summed E-state index contributed by atoms with van der Waals surface area (Å²) in [5, 5.41) is 0. The second-order valence-electron chi connectivity index (χ2n) is 6.48. The van der Waals surface area contributed by atoms with E-state index in [1.165, 1.54) is 44.9 Å². The highest BCUT2D eigenvalue weighted by atomic mass is 16.5. The molecule has 0 aromatic carbocycles. The van der Waals surface area contributed by atoms with Gasteiger partial charge >= 0.3 is 5.97 Å². The lowest BCUT2D eigenvalue weighted by Gasteiger charge is -2.07. The summed E-state index contributed by atoms with van der Waals surface area (Å²) in [6.45, 7) is 9.27. The molecule has 0 amide bonds. The molecule has 0 atom stereocenters. The Morgan fingerprint density at radius 2 is 1.32 bits per heavy atom. The van der Waals surface area contributed by atoms with Gasteiger partial charge < -0.3 is 4.74 Å². The number of carbonyl (C=O) groups excluding carboxylic acids is 1. The summed E-state index contributed by atoms with van der Waals surface area (Å²) < 4.78 is 5.15. The topological polar surface area (TPSA) is 26.3 Å². The monoisotopic (exact) mass is 270 g/mol. The molecule has 0 radical (unpaired) electrons. The van der Waals surface area contributed by atoms with E-state index in [1.807, 2.05) is 0 Å². The van der Waals surface area contributed by atoms with Crippen LogP contribution < -0.4 is 0 Å². The molecule has 0 saturated heterocycles. The van der Waals surface area contributed by atoms with E-state index in [9.17, 15) is 4.79 Å². The van der Waals surface area contributed by atoms with Crippen LogP contribution in [-0.2, 0) is 9.53 Å². The zero-order valence-electron chi connectivity index (χ0n) is 13.5. The van der Waals surface area contributed by atoms with E-state index < -0.39 is 0 Å². The van der Waals surface area contributed by atoms with Gasteiger partial charge in [0.1, 0.15) is 0 Å². The number of carbonyl (C=O) groups is 1. The summed E-state index contributed by atoms with van der Waals surface area (Å²) in [5.74, 6) is 1.26. The van der Waals surface area contributed by atoms with Crippen LogP contribution in [0.2, 0.25) is 0 Å². The Morgan fingerprint density at radius 3 is 1.84 bits per heavy atom. The van der Waals surface area contributed by atoms with Crippen LogP contribution in [0.4, 0.5) is 0 Å². The lowest BCUT2D eigenvalue weighted by molar-refractivity contribution is -0.144. The highest BCUT2D eigenvalue weighted by molar-refractivity contribution is 5.69. The summed E-state index contributed by atoms with van der Waals surface area (Å²) in [5.41, 5.74) is 0. The average Bonchev–Trinajstić information content (AvgIpc) is 2.34. The van der Waals surface area contributed by atoms with Crippen molar-refractivity contribution in [3.8, 4) is 0 Å². The van der Waals surface area contributed by atoms with Gasteiger partial charge in [0.2, 0.25) is 0 Å². The maximum Gasteiger partial charge on any atom is 0.305 e. The first kappa shape index (κ1) is 18.5. The Morgan fingerprint density at radius 1 is 0.789 bits per heavy atom. The van der Waals surface area contributed by atoms with Gasteiger partial charge in [0.25, 0.3) is 0 Å². The number of hydrogen-bond donors (Lipinski definition) is 0. The lowest BCUT2D eigenvalue weighted by atomic mass is 10.0. The molecule has 0 aliphatic rings. The summed E-state index contributed by atoms with van der Waals surface area (Å²) >= 11 is 0. The van der Waals surface area contributed by atoms with Crippen molar-refractivity contribution >= 4 is 5.97 Å². The number of esters is 1. The molecule has 2 nitrogen and oxygen atoms in total. The largest absolute Gasteiger partial charge is 0.465 e.